The van der Waals surface area contributed by atoms with E-state index in [1.807, 2.05) is 43.3 Å². The Morgan fingerprint density at radius 3 is 1.84 bits per heavy atom. The molecule has 2 aromatic rings. The molecule has 0 fully saturated rings. The normalized spacial score (nSPS) is 11.3. The van der Waals surface area contributed by atoms with Crippen molar-refractivity contribution in [1.29, 1.82) is 0 Å². The van der Waals surface area contributed by atoms with Gasteiger partial charge in [-0.1, -0.05) is 41.6 Å². The molecule has 0 saturated heterocycles. The summed E-state index contributed by atoms with van der Waals surface area (Å²) in [6.45, 7) is 2.61. The summed E-state index contributed by atoms with van der Waals surface area (Å²) in [5, 5.41) is 12.0. The van der Waals surface area contributed by atoms with E-state index in [2.05, 4.69) is 34.3 Å². The van der Waals surface area contributed by atoms with Crippen molar-refractivity contribution in [2.75, 3.05) is 11.4 Å². The van der Waals surface area contributed by atoms with Gasteiger partial charge in [-0.2, -0.15) is 0 Å². The van der Waals surface area contributed by atoms with Crippen LogP contribution in [0.25, 0.3) is 0 Å². The Morgan fingerprint density at radius 2 is 1.42 bits per heavy atom. The Hall–Kier alpha value is -2.29. The van der Waals surface area contributed by atoms with Crippen molar-refractivity contribution >= 4 is 17.1 Å². The van der Waals surface area contributed by atoms with E-state index in [0.717, 1.165) is 30.1 Å². The fourth-order valence-electron chi connectivity index (χ4n) is 1.95. The molecule has 3 nitrogen and oxygen atoms in total. The lowest BCUT2D eigenvalue weighted by atomic mass is 10.2. The predicted molar refractivity (Wildman–Crippen MR) is 79.4 cm³/mol. The van der Waals surface area contributed by atoms with Crippen LogP contribution in [-0.4, -0.2) is 17.5 Å². The van der Waals surface area contributed by atoms with Gasteiger partial charge in [0.25, 0.3) is 0 Å². The molecule has 0 radical (unpaired) electrons. The Labute approximate surface area is 113 Å². The lowest BCUT2D eigenvalue weighted by Gasteiger charge is -2.24. The number of hydrogen-bond acceptors (Lipinski definition) is 3. The average molecular weight is 254 g/mol. The zero-order valence-electron chi connectivity index (χ0n) is 11.0. The summed E-state index contributed by atoms with van der Waals surface area (Å²) >= 11 is 0. The van der Waals surface area contributed by atoms with Crippen LogP contribution in [0.15, 0.2) is 65.8 Å². The van der Waals surface area contributed by atoms with Crippen LogP contribution in [0, 0.1) is 0 Å². The molecule has 0 aromatic heterocycles. The van der Waals surface area contributed by atoms with Crippen molar-refractivity contribution < 1.29 is 5.21 Å². The Morgan fingerprint density at radius 1 is 0.947 bits per heavy atom. The van der Waals surface area contributed by atoms with Gasteiger partial charge in [0.15, 0.2) is 0 Å². The molecule has 0 saturated carbocycles. The number of oxime groups is 1. The summed E-state index contributed by atoms with van der Waals surface area (Å²) < 4.78 is 0. The monoisotopic (exact) mass is 254 g/mol. The molecule has 0 atom stereocenters. The van der Waals surface area contributed by atoms with E-state index >= 15 is 0 Å². The average Bonchev–Trinajstić information content (AvgIpc) is 2.49. The van der Waals surface area contributed by atoms with Gasteiger partial charge in [-0.15, -0.1) is 0 Å². The molecule has 0 aliphatic carbocycles. The lowest BCUT2D eigenvalue weighted by molar-refractivity contribution is 0.317. The summed E-state index contributed by atoms with van der Waals surface area (Å²) in [4.78, 5) is 2.22. The first-order chi connectivity index (χ1) is 9.31. The van der Waals surface area contributed by atoms with Crippen LogP contribution in [0.3, 0.4) is 0 Å². The molecule has 98 valence electrons. The quantitative estimate of drug-likeness (QED) is 0.496. The zero-order chi connectivity index (χ0) is 13.5. The molecule has 3 heteroatoms. The van der Waals surface area contributed by atoms with Gasteiger partial charge < -0.3 is 10.1 Å². The van der Waals surface area contributed by atoms with Crippen molar-refractivity contribution in [3.05, 3.63) is 60.7 Å². The van der Waals surface area contributed by atoms with Gasteiger partial charge >= 0.3 is 0 Å². The molecule has 0 aliphatic heterocycles. The van der Waals surface area contributed by atoms with Crippen LogP contribution < -0.4 is 4.90 Å². The molecule has 1 N–H and O–H groups in total. The van der Waals surface area contributed by atoms with E-state index in [1.54, 1.807) is 0 Å². The second kappa shape index (κ2) is 6.59. The van der Waals surface area contributed by atoms with Crippen LogP contribution in [0.2, 0.25) is 0 Å². The predicted octanol–water partition coefficient (Wildman–Crippen LogP) is 4.06. The van der Waals surface area contributed by atoms with Crippen LogP contribution >= 0.6 is 0 Å². The maximum absolute atomic E-state index is 8.76. The SMILES string of the molecule is CC(CCN(c1ccccc1)c1ccccc1)=NO. The summed E-state index contributed by atoms with van der Waals surface area (Å²) in [5.41, 5.74) is 3.01. The van der Waals surface area contributed by atoms with E-state index in [4.69, 9.17) is 5.21 Å². The summed E-state index contributed by atoms with van der Waals surface area (Å²) in [6, 6.07) is 20.4. The second-order valence-electron chi connectivity index (χ2n) is 4.41. The Balaban J connectivity index is 2.24. The molecule has 2 aromatic carbocycles. The van der Waals surface area contributed by atoms with Crippen molar-refractivity contribution in [3.8, 4) is 0 Å². The molecule has 19 heavy (non-hydrogen) atoms. The molecule has 0 aliphatic rings. The highest BCUT2D eigenvalue weighted by Gasteiger charge is 2.08. The van der Waals surface area contributed by atoms with Crippen molar-refractivity contribution in [2.45, 2.75) is 13.3 Å². The molecular weight excluding hydrogens is 236 g/mol. The minimum Gasteiger partial charge on any atom is -0.411 e. The van der Waals surface area contributed by atoms with Crippen molar-refractivity contribution in [2.24, 2.45) is 5.16 Å². The summed E-state index contributed by atoms with van der Waals surface area (Å²) in [5.74, 6) is 0. The van der Waals surface area contributed by atoms with E-state index in [9.17, 15) is 0 Å². The topological polar surface area (TPSA) is 35.8 Å². The number of nitrogens with zero attached hydrogens (tertiary/aromatic N) is 2. The van der Waals surface area contributed by atoms with Crippen LogP contribution in [-0.2, 0) is 0 Å². The number of anilines is 2. The summed E-state index contributed by atoms with van der Waals surface area (Å²) in [6.07, 6.45) is 0.723. The molecule has 0 heterocycles. The van der Waals surface area contributed by atoms with Crippen molar-refractivity contribution in [1.82, 2.24) is 0 Å². The van der Waals surface area contributed by atoms with E-state index in [0.29, 0.717) is 0 Å². The summed E-state index contributed by atoms with van der Waals surface area (Å²) in [7, 11) is 0. The van der Waals surface area contributed by atoms with E-state index < -0.39 is 0 Å². The minimum absolute atomic E-state index is 0.723. The number of rotatable bonds is 5. The van der Waals surface area contributed by atoms with E-state index in [1.165, 1.54) is 0 Å². The van der Waals surface area contributed by atoms with Crippen LogP contribution in [0.1, 0.15) is 13.3 Å². The zero-order valence-corrected chi connectivity index (χ0v) is 11.0. The van der Waals surface area contributed by atoms with Gasteiger partial charge in [-0.3, -0.25) is 0 Å². The molecule has 0 unspecified atom stereocenters. The number of benzene rings is 2. The fraction of sp³-hybridized carbons (Fsp3) is 0.188. The van der Waals surface area contributed by atoms with Crippen LogP contribution in [0.4, 0.5) is 11.4 Å². The molecule has 0 amide bonds. The van der Waals surface area contributed by atoms with Gasteiger partial charge in [-0.05, 0) is 31.2 Å². The molecule has 2 rings (SSSR count). The third kappa shape index (κ3) is 3.58. The number of para-hydroxylation sites is 2. The smallest absolute Gasteiger partial charge is 0.0557 e. The molecule has 0 bridgehead atoms. The van der Waals surface area contributed by atoms with Gasteiger partial charge in [0.05, 0.1) is 5.71 Å². The second-order valence-corrected chi connectivity index (χ2v) is 4.41. The highest BCUT2D eigenvalue weighted by molar-refractivity contribution is 5.82. The van der Waals surface area contributed by atoms with Gasteiger partial charge in [-0.25, -0.2) is 0 Å². The van der Waals surface area contributed by atoms with Crippen LogP contribution in [0.5, 0.6) is 0 Å². The van der Waals surface area contributed by atoms with Gasteiger partial charge in [0.2, 0.25) is 0 Å². The lowest BCUT2D eigenvalue weighted by Crippen LogP contribution is -2.20. The molecular formula is C16H18N2O. The fourth-order valence-corrected chi connectivity index (χ4v) is 1.95. The minimum atomic E-state index is 0.723. The number of hydrogen-bond donors (Lipinski definition) is 1. The van der Waals surface area contributed by atoms with Gasteiger partial charge in [0, 0.05) is 24.3 Å². The maximum Gasteiger partial charge on any atom is 0.0557 e. The standard InChI is InChI=1S/C16H18N2O/c1-14(17-19)12-13-18(15-8-4-2-5-9-15)16-10-6-3-7-11-16/h2-11,19H,12-13H2,1H3. The van der Waals surface area contributed by atoms with Crippen molar-refractivity contribution in [3.63, 3.8) is 0 Å². The molecule has 0 spiro atoms. The third-order valence-corrected chi connectivity index (χ3v) is 3.00. The highest BCUT2D eigenvalue weighted by Crippen LogP contribution is 2.24. The Kier molecular flexibility index (Phi) is 4.56. The highest BCUT2D eigenvalue weighted by atomic mass is 16.4. The third-order valence-electron chi connectivity index (χ3n) is 3.00. The van der Waals surface area contributed by atoms with E-state index in [-0.39, 0.29) is 0 Å². The first kappa shape index (κ1) is 13.1. The largest absolute Gasteiger partial charge is 0.411 e. The van der Waals surface area contributed by atoms with Gasteiger partial charge in [0.1, 0.15) is 0 Å². The maximum atomic E-state index is 8.76. The first-order valence-electron chi connectivity index (χ1n) is 6.36. The first-order valence-corrected chi connectivity index (χ1v) is 6.36. The Bertz CT molecular complexity index is 483.